The van der Waals surface area contributed by atoms with Crippen LogP contribution in [0.4, 0.5) is 0 Å². The maximum atomic E-state index is 9.05. The first-order valence-electron chi connectivity index (χ1n) is 6.65. The van der Waals surface area contributed by atoms with Crippen LogP contribution in [0.2, 0.25) is 0 Å². The number of ether oxygens (including phenoxy) is 2. The fourth-order valence-electron chi connectivity index (χ4n) is 2.04. The number of hydrogen-bond acceptors (Lipinski definition) is 3. The van der Waals surface area contributed by atoms with Gasteiger partial charge < -0.3 is 14.6 Å². The third kappa shape index (κ3) is 4.04. The van der Waals surface area contributed by atoms with Crippen molar-refractivity contribution in [3.8, 4) is 0 Å². The lowest BCUT2D eigenvalue weighted by Gasteiger charge is -2.40. The van der Waals surface area contributed by atoms with E-state index in [4.69, 9.17) is 14.6 Å². The van der Waals surface area contributed by atoms with Crippen molar-refractivity contribution in [1.29, 1.82) is 0 Å². The predicted molar refractivity (Wildman–Crippen MR) is 64.3 cm³/mol. The summed E-state index contributed by atoms with van der Waals surface area (Å²) in [6, 6.07) is 0. The Morgan fingerprint density at radius 3 is 1.94 bits per heavy atom. The summed E-state index contributed by atoms with van der Waals surface area (Å²) in [6.45, 7) is 5.82. The quantitative estimate of drug-likeness (QED) is 0.731. The molecule has 1 aliphatic heterocycles. The van der Waals surface area contributed by atoms with Crippen molar-refractivity contribution >= 4 is 0 Å². The molecule has 0 aromatic rings. The Morgan fingerprint density at radius 1 is 1.06 bits per heavy atom. The minimum absolute atomic E-state index is 0.163. The zero-order chi connectivity index (χ0) is 11.9. The van der Waals surface area contributed by atoms with Crippen molar-refractivity contribution in [2.24, 2.45) is 5.92 Å². The smallest absolute Gasteiger partial charge is 0.168 e. The van der Waals surface area contributed by atoms with Crippen molar-refractivity contribution in [3.05, 3.63) is 0 Å². The van der Waals surface area contributed by atoms with E-state index in [0.717, 1.165) is 25.7 Å². The second-order valence-electron chi connectivity index (χ2n) is 4.79. The third-order valence-corrected chi connectivity index (χ3v) is 3.24. The molecule has 96 valence electrons. The van der Waals surface area contributed by atoms with Crippen LogP contribution in [0.3, 0.4) is 0 Å². The van der Waals surface area contributed by atoms with E-state index in [0.29, 0.717) is 13.2 Å². The van der Waals surface area contributed by atoms with Gasteiger partial charge >= 0.3 is 0 Å². The largest absolute Gasteiger partial charge is 0.396 e. The lowest BCUT2D eigenvalue weighted by Crippen LogP contribution is -2.45. The van der Waals surface area contributed by atoms with Crippen LogP contribution in [-0.2, 0) is 9.47 Å². The zero-order valence-electron chi connectivity index (χ0n) is 10.7. The van der Waals surface area contributed by atoms with E-state index in [1.165, 1.54) is 12.8 Å². The van der Waals surface area contributed by atoms with Gasteiger partial charge in [-0.25, -0.2) is 0 Å². The molecule has 1 rings (SSSR count). The van der Waals surface area contributed by atoms with E-state index in [1.807, 2.05) is 0 Å². The third-order valence-electron chi connectivity index (χ3n) is 3.24. The van der Waals surface area contributed by atoms with Crippen LogP contribution in [0.5, 0.6) is 0 Å². The lowest BCUT2D eigenvalue weighted by molar-refractivity contribution is -0.292. The molecule has 1 aliphatic rings. The predicted octanol–water partition coefficient (Wildman–Crippen LogP) is 2.72. The van der Waals surface area contributed by atoms with Gasteiger partial charge in [-0.15, -0.1) is 0 Å². The Morgan fingerprint density at radius 2 is 1.56 bits per heavy atom. The van der Waals surface area contributed by atoms with Gasteiger partial charge in [-0.2, -0.15) is 0 Å². The Kier molecular flexibility index (Phi) is 6.32. The topological polar surface area (TPSA) is 38.7 Å². The van der Waals surface area contributed by atoms with E-state index in [9.17, 15) is 0 Å². The molecule has 0 atom stereocenters. The Labute approximate surface area is 99.1 Å². The van der Waals surface area contributed by atoms with Crippen LogP contribution >= 0.6 is 0 Å². The highest BCUT2D eigenvalue weighted by atomic mass is 16.7. The Hall–Kier alpha value is -0.120. The highest BCUT2D eigenvalue weighted by molar-refractivity contribution is 4.76. The van der Waals surface area contributed by atoms with Crippen molar-refractivity contribution in [2.45, 2.75) is 58.2 Å². The first-order valence-corrected chi connectivity index (χ1v) is 6.65. The summed E-state index contributed by atoms with van der Waals surface area (Å²) in [5.41, 5.74) is 0. The molecule has 0 bridgehead atoms. The molecule has 16 heavy (non-hydrogen) atoms. The molecule has 0 aromatic heterocycles. The molecular weight excluding hydrogens is 204 g/mol. The fraction of sp³-hybridized carbons (Fsp3) is 1.00. The van der Waals surface area contributed by atoms with Gasteiger partial charge in [0.05, 0.1) is 19.8 Å². The molecule has 0 radical (unpaired) electrons. The molecule has 0 spiro atoms. The molecule has 1 fully saturated rings. The molecule has 1 saturated heterocycles. The van der Waals surface area contributed by atoms with E-state index in [-0.39, 0.29) is 18.3 Å². The van der Waals surface area contributed by atoms with Crippen molar-refractivity contribution in [1.82, 2.24) is 0 Å². The summed E-state index contributed by atoms with van der Waals surface area (Å²) in [5, 5.41) is 9.05. The highest BCUT2D eigenvalue weighted by Gasteiger charge is 2.36. The summed E-state index contributed by atoms with van der Waals surface area (Å²) in [4.78, 5) is 0. The molecule has 0 aromatic carbocycles. The van der Waals surface area contributed by atoms with Crippen LogP contribution in [0.1, 0.15) is 52.4 Å². The average Bonchev–Trinajstić information content (AvgIpc) is 2.35. The van der Waals surface area contributed by atoms with Gasteiger partial charge in [-0.1, -0.05) is 26.7 Å². The first-order chi connectivity index (χ1) is 7.76. The Balaban J connectivity index is 2.44. The summed E-state index contributed by atoms with van der Waals surface area (Å²) in [7, 11) is 0. The summed E-state index contributed by atoms with van der Waals surface area (Å²) in [6.07, 6.45) is 6.61. The van der Waals surface area contributed by atoms with E-state index in [1.54, 1.807) is 0 Å². The highest BCUT2D eigenvalue weighted by Crippen LogP contribution is 2.31. The van der Waals surface area contributed by atoms with Gasteiger partial charge in [0, 0.05) is 18.8 Å². The van der Waals surface area contributed by atoms with Crippen LogP contribution in [0.25, 0.3) is 0 Å². The van der Waals surface area contributed by atoms with Crippen LogP contribution in [0, 0.1) is 5.92 Å². The summed E-state index contributed by atoms with van der Waals surface area (Å²) < 4.78 is 11.8. The second kappa shape index (κ2) is 7.25. The lowest BCUT2D eigenvalue weighted by atomic mass is 10.00. The normalized spacial score (nSPS) is 21.2. The number of aliphatic hydroxyl groups is 1. The molecule has 1 heterocycles. The summed E-state index contributed by atoms with van der Waals surface area (Å²) in [5.74, 6) is -0.186. The minimum atomic E-state index is -0.350. The van der Waals surface area contributed by atoms with Crippen molar-refractivity contribution in [2.75, 3.05) is 19.8 Å². The zero-order valence-corrected chi connectivity index (χ0v) is 10.7. The van der Waals surface area contributed by atoms with Crippen LogP contribution in [0.15, 0.2) is 0 Å². The van der Waals surface area contributed by atoms with Crippen LogP contribution in [-0.4, -0.2) is 30.7 Å². The molecule has 3 nitrogen and oxygen atoms in total. The number of hydrogen-bond donors (Lipinski definition) is 1. The minimum Gasteiger partial charge on any atom is -0.396 e. The Bertz CT molecular complexity index is 164. The van der Waals surface area contributed by atoms with Crippen molar-refractivity contribution in [3.63, 3.8) is 0 Å². The molecule has 0 aliphatic carbocycles. The summed E-state index contributed by atoms with van der Waals surface area (Å²) >= 11 is 0. The molecule has 0 saturated carbocycles. The molecular formula is C13H26O3. The van der Waals surface area contributed by atoms with Gasteiger partial charge in [-0.3, -0.25) is 0 Å². The van der Waals surface area contributed by atoms with Gasteiger partial charge in [-0.05, 0) is 12.8 Å². The standard InChI is InChI=1S/C13H26O3/c1-3-5-7-13(8-6-4-2)15-10-12(9-14)11-16-13/h12,14H,3-11H2,1-2H3. The maximum absolute atomic E-state index is 9.05. The number of rotatable bonds is 7. The van der Waals surface area contributed by atoms with Crippen molar-refractivity contribution < 1.29 is 14.6 Å². The molecule has 0 unspecified atom stereocenters. The molecule has 1 N–H and O–H groups in total. The van der Waals surface area contributed by atoms with Gasteiger partial charge in [0.1, 0.15) is 0 Å². The van der Waals surface area contributed by atoms with Gasteiger partial charge in [0.25, 0.3) is 0 Å². The van der Waals surface area contributed by atoms with E-state index < -0.39 is 0 Å². The van der Waals surface area contributed by atoms with Gasteiger partial charge in [0.2, 0.25) is 0 Å². The molecule has 0 amide bonds. The number of unbranched alkanes of at least 4 members (excludes halogenated alkanes) is 2. The van der Waals surface area contributed by atoms with E-state index >= 15 is 0 Å². The van der Waals surface area contributed by atoms with Crippen LogP contribution < -0.4 is 0 Å². The number of aliphatic hydroxyl groups excluding tert-OH is 1. The second-order valence-corrected chi connectivity index (χ2v) is 4.79. The average molecular weight is 230 g/mol. The first kappa shape index (κ1) is 13.9. The fourth-order valence-corrected chi connectivity index (χ4v) is 2.04. The van der Waals surface area contributed by atoms with E-state index in [2.05, 4.69) is 13.8 Å². The maximum Gasteiger partial charge on any atom is 0.168 e. The van der Waals surface area contributed by atoms with Gasteiger partial charge in [0.15, 0.2) is 5.79 Å². The SMILES string of the molecule is CCCCC1(CCCC)OCC(CO)CO1. The monoisotopic (exact) mass is 230 g/mol. The molecule has 3 heteroatoms.